The van der Waals surface area contributed by atoms with Gasteiger partial charge in [-0.3, -0.25) is 4.79 Å². The summed E-state index contributed by atoms with van der Waals surface area (Å²) < 4.78 is 37.6. The van der Waals surface area contributed by atoms with Gasteiger partial charge < -0.3 is 24.1 Å². The van der Waals surface area contributed by atoms with Crippen LogP contribution in [0.1, 0.15) is 41.6 Å². The van der Waals surface area contributed by atoms with E-state index in [0.29, 0.717) is 53.9 Å². The van der Waals surface area contributed by atoms with Crippen LogP contribution in [0.15, 0.2) is 48.7 Å². The largest absolute Gasteiger partial charge is 0.495 e. The zero-order chi connectivity index (χ0) is 22.9. The van der Waals surface area contributed by atoms with Gasteiger partial charge in [0.2, 0.25) is 5.88 Å². The van der Waals surface area contributed by atoms with Gasteiger partial charge in [-0.25, -0.2) is 9.37 Å². The van der Waals surface area contributed by atoms with Crippen molar-refractivity contribution in [3.8, 4) is 28.9 Å². The molecule has 8 heteroatoms. The number of hydrogen-bond donors (Lipinski definition) is 1. The summed E-state index contributed by atoms with van der Waals surface area (Å²) >= 11 is 0. The maximum Gasteiger partial charge on any atom is 0.304 e. The maximum atomic E-state index is 14.8. The predicted octanol–water partition coefficient (Wildman–Crippen LogP) is 5.04. The van der Waals surface area contributed by atoms with Crippen molar-refractivity contribution in [3.05, 3.63) is 71.2 Å². The van der Waals surface area contributed by atoms with Crippen LogP contribution in [-0.4, -0.2) is 29.8 Å². The second-order valence-corrected chi connectivity index (χ2v) is 8.03. The van der Waals surface area contributed by atoms with E-state index in [2.05, 4.69) is 4.98 Å². The molecule has 5 rings (SSSR count). The minimum atomic E-state index is -0.863. The van der Waals surface area contributed by atoms with Gasteiger partial charge in [0.05, 0.1) is 26.3 Å². The van der Waals surface area contributed by atoms with Crippen molar-refractivity contribution in [1.82, 2.24) is 4.98 Å². The fraction of sp³-hybridized carbons (Fsp3) is 0.280. The first-order chi connectivity index (χ1) is 16.0. The second-order valence-electron chi connectivity index (χ2n) is 8.03. The van der Waals surface area contributed by atoms with Crippen LogP contribution in [0.5, 0.6) is 28.9 Å². The van der Waals surface area contributed by atoms with Gasteiger partial charge in [0.25, 0.3) is 0 Å². The zero-order valence-corrected chi connectivity index (χ0v) is 17.9. The van der Waals surface area contributed by atoms with Crippen LogP contribution < -0.4 is 18.9 Å². The van der Waals surface area contributed by atoms with E-state index in [4.69, 9.17) is 24.1 Å². The van der Waals surface area contributed by atoms with Gasteiger partial charge in [-0.05, 0) is 37.1 Å². The molecule has 2 heterocycles. The van der Waals surface area contributed by atoms with E-state index < -0.39 is 12.1 Å². The van der Waals surface area contributed by atoms with Crippen LogP contribution in [0.4, 0.5) is 4.39 Å². The Kier molecular flexibility index (Phi) is 5.50. The van der Waals surface area contributed by atoms with E-state index >= 15 is 0 Å². The normalized spacial score (nSPS) is 18.2. The van der Waals surface area contributed by atoms with Gasteiger partial charge in [0, 0.05) is 34.7 Å². The Hall–Kier alpha value is -3.81. The number of aliphatic carboxylic acids is 1. The number of rotatable bonds is 7. The van der Waals surface area contributed by atoms with Gasteiger partial charge in [-0.1, -0.05) is 6.07 Å². The first-order valence-corrected chi connectivity index (χ1v) is 10.7. The third-order valence-corrected chi connectivity index (χ3v) is 5.96. The van der Waals surface area contributed by atoms with E-state index in [-0.39, 0.29) is 18.2 Å². The molecule has 7 nitrogen and oxygen atoms in total. The molecule has 0 spiro atoms. The number of hydrogen-bond acceptors (Lipinski definition) is 6. The minimum Gasteiger partial charge on any atom is -0.495 e. The molecule has 170 valence electrons. The highest BCUT2D eigenvalue weighted by molar-refractivity contribution is 5.68. The topological polar surface area (TPSA) is 87.1 Å². The van der Waals surface area contributed by atoms with Crippen LogP contribution in [0.25, 0.3) is 0 Å². The summed E-state index contributed by atoms with van der Waals surface area (Å²) in [5.74, 6) is 1.32. The van der Waals surface area contributed by atoms with Gasteiger partial charge in [0.1, 0.15) is 34.9 Å². The van der Waals surface area contributed by atoms with Crippen molar-refractivity contribution in [3.63, 3.8) is 0 Å². The van der Waals surface area contributed by atoms with Gasteiger partial charge in [-0.2, -0.15) is 0 Å². The Morgan fingerprint density at radius 2 is 2.06 bits per heavy atom. The lowest BCUT2D eigenvalue weighted by Crippen LogP contribution is -2.07. The highest BCUT2D eigenvalue weighted by Crippen LogP contribution is 2.44. The van der Waals surface area contributed by atoms with Gasteiger partial charge in [0.15, 0.2) is 0 Å². The van der Waals surface area contributed by atoms with E-state index in [1.807, 2.05) is 6.07 Å². The molecule has 0 saturated carbocycles. The number of aromatic nitrogens is 1. The highest BCUT2D eigenvalue weighted by Gasteiger charge is 2.32. The monoisotopic (exact) mass is 451 g/mol. The average Bonchev–Trinajstić information content (AvgIpc) is 3.41. The highest BCUT2D eigenvalue weighted by atomic mass is 19.1. The lowest BCUT2D eigenvalue weighted by molar-refractivity contribution is -0.137. The van der Waals surface area contributed by atoms with Crippen LogP contribution in [-0.2, 0) is 11.2 Å². The lowest BCUT2D eigenvalue weighted by atomic mass is 9.98. The van der Waals surface area contributed by atoms with Crippen molar-refractivity contribution < 1.29 is 33.2 Å². The number of benzene rings is 2. The summed E-state index contributed by atoms with van der Waals surface area (Å²) in [7, 11) is 1.56. The fourth-order valence-electron chi connectivity index (χ4n) is 4.39. The number of halogens is 1. The quantitative estimate of drug-likeness (QED) is 0.539. The predicted molar refractivity (Wildman–Crippen MR) is 116 cm³/mol. The molecule has 3 aromatic rings. The van der Waals surface area contributed by atoms with Crippen molar-refractivity contribution in [2.24, 2.45) is 0 Å². The Morgan fingerprint density at radius 1 is 1.21 bits per heavy atom. The van der Waals surface area contributed by atoms with Crippen LogP contribution >= 0.6 is 0 Å². The van der Waals surface area contributed by atoms with Crippen molar-refractivity contribution >= 4 is 5.97 Å². The maximum absolute atomic E-state index is 14.8. The van der Waals surface area contributed by atoms with E-state index in [0.717, 1.165) is 11.1 Å². The smallest absolute Gasteiger partial charge is 0.304 e. The van der Waals surface area contributed by atoms with Crippen LogP contribution in [0, 0.1) is 5.82 Å². The molecule has 1 aliphatic heterocycles. The summed E-state index contributed by atoms with van der Waals surface area (Å²) in [6, 6.07) is 11.8. The molecule has 0 amide bonds. The van der Waals surface area contributed by atoms with E-state index in [1.54, 1.807) is 43.6 Å². The number of nitrogens with zero attached hydrogens (tertiary/aromatic N) is 1. The van der Waals surface area contributed by atoms with E-state index in [9.17, 15) is 9.18 Å². The number of ether oxygens (including phenoxy) is 4. The SMILES string of the molecule is COc1ccc(Oc2ccc(F)c3c2CC[C@H]3Oc2ccc3c(c2)OCC3CC(=O)O)nc1. The number of carboxylic acid groups (broad SMARTS) is 1. The third kappa shape index (κ3) is 4.16. The minimum absolute atomic E-state index is 0.0141. The molecular formula is C25H22FNO6. The van der Waals surface area contributed by atoms with Crippen molar-refractivity contribution in [2.45, 2.75) is 31.3 Å². The molecule has 0 saturated heterocycles. The first-order valence-electron chi connectivity index (χ1n) is 10.7. The number of carboxylic acids is 1. The molecule has 0 radical (unpaired) electrons. The first kappa shape index (κ1) is 21.1. The molecule has 0 fully saturated rings. The number of carbonyl (C=O) groups is 1. The molecular weight excluding hydrogens is 429 g/mol. The van der Waals surface area contributed by atoms with E-state index in [1.165, 1.54) is 6.07 Å². The summed E-state index contributed by atoms with van der Waals surface area (Å²) in [6.45, 7) is 0.325. The lowest BCUT2D eigenvalue weighted by Gasteiger charge is -2.17. The van der Waals surface area contributed by atoms with Gasteiger partial charge in [-0.15, -0.1) is 0 Å². The molecule has 2 aliphatic rings. The number of methoxy groups -OCH3 is 1. The summed E-state index contributed by atoms with van der Waals surface area (Å²) in [4.78, 5) is 15.3. The molecule has 2 atom stereocenters. The third-order valence-electron chi connectivity index (χ3n) is 5.96. The average molecular weight is 451 g/mol. The Balaban J connectivity index is 1.36. The zero-order valence-electron chi connectivity index (χ0n) is 17.9. The van der Waals surface area contributed by atoms with Crippen molar-refractivity contribution in [1.29, 1.82) is 0 Å². The summed E-state index contributed by atoms with van der Waals surface area (Å²) in [6.07, 6.45) is 2.30. The fourth-order valence-corrected chi connectivity index (χ4v) is 4.39. The molecule has 1 aromatic heterocycles. The Morgan fingerprint density at radius 3 is 2.82 bits per heavy atom. The molecule has 1 unspecified atom stereocenters. The van der Waals surface area contributed by atoms with Crippen molar-refractivity contribution in [2.75, 3.05) is 13.7 Å². The number of fused-ring (bicyclic) bond motifs is 2. The molecule has 33 heavy (non-hydrogen) atoms. The molecule has 2 aromatic carbocycles. The van der Waals surface area contributed by atoms with Crippen LogP contribution in [0.2, 0.25) is 0 Å². The Bertz CT molecular complexity index is 1200. The number of pyridine rings is 1. The van der Waals surface area contributed by atoms with Gasteiger partial charge >= 0.3 is 5.97 Å². The molecule has 1 aliphatic carbocycles. The standard InChI is InChI=1S/C25H22FNO6/c1-30-16-3-9-23(27-12-16)33-20-8-6-19(26)25-18(20)5-7-21(25)32-15-2-4-17-14(10-24(28)29)13-31-22(17)11-15/h2-4,6,8-9,11-12,14,21H,5,7,10,13H2,1H3,(H,28,29)/t14?,21-/m1/s1. The molecule has 0 bridgehead atoms. The Labute approximate surface area is 189 Å². The second kappa shape index (κ2) is 8.61. The van der Waals surface area contributed by atoms with Crippen LogP contribution in [0.3, 0.4) is 0 Å². The summed E-state index contributed by atoms with van der Waals surface area (Å²) in [5.41, 5.74) is 2.09. The molecule has 1 N–H and O–H groups in total. The summed E-state index contributed by atoms with van der Waals surface area (Å²) in [5, 5.41) is 9.07.